The van der Waals surface area contributed by atoms with Crippen LogP contribution in [0, 0.1) is 10.1 Å². The van der Waals surface area contributed by atoms with Crippen molar-refractivity contribution < 1.29 is 19.2 Å². The maximum absolute atomic E-state index is 12.0. The Morgan fingerprint density at radius 2 is 1.93 bits per heavy atom. The first kappa shape index (κ1) is 23.0. The number of hydrogen-bond donors (Lipinski definition) is 2. The molecule has 0 heterocycles. The number of nitro groups is 1. The molecule has 1 amide bonds. The van der Waals surface area contributed by atoms with Crippen LogP contribution in [0.1, 0.15) is 19.4 Å². The van der Waals surface area contributed by atoms with Crippen LogP contribution < -0.4 is 20.1 Å². The number of nitrogens with zero attached hydrogens (tertiary/aromatic N) is 1. The van der Waals surface area contributed by atoms with E-state index < -0.39 is 4.92 Å². The lowest BCUT2D eigenvalue weighted by Gasteiger charge is -2.15. The van der Waals surface area contributed by atoms with Gasteiger partial charge in [-0.25, -0.2) is 0 Å². The molecule has 0 saturated carbocycles. The largest absolute Gasteiger partial charge is 0.493 e. The van der Waals surface area contributed by atoms with Gasteiger partial charge in [-0.05, 0) is 49.8 Å². The molecule has 0 aromatic heterocycles. The second-order valence-electron chi connectivity index (χ2n) is 6.56. The van der Waals surface area contributed by atoms with Crippen LogP contribution in [0.3, 0.4) is 0 Å². The van der Waals surface area contributed by atoms with Crippen molar-refractivity contribution in [3.63, 3.8) is 0 Å². The normalized spacial score (nSPS) is 10.8. The van der Waals surface area contributed by atoms with Gasteiger partial charge in [-0.2, -0.15) is 0 Å². The summed E-state index contributed by atoms with van der Waals surface area (Å²) in [5.74, 6) is 0.690. The maximum atomic E-state index is 12.0. The van der Waals surface area contributed by atoms with Gasteiger partial charge < -0.3 is 20.1 Å². The summed E-state index contributed by atoms with van der Waals surface area (Å²) in [6.07, 6.45) is 2.98. The van der Waals surface area contributed by atoms with Crippen molar-refractivity contribution in [3.8, 4) is 11.5 Å². The van der Waals surface area contributed by atoms with Gasteiger partial charge >= 0.3 is 0 Å². The SMILES string of the molecule is COc1cc(/C=C/C(=O)NCCNc2ccc([N+](=O)[O-])cc2)cc(Cl)c1OC(C)C. The lowest BCUT2D eigenvalue weighted by Crippen LogP contribution is -2.27. The third-order valence-corrected chi connectivity index (χ3v) is 4.14. The fourth-order valence-corrected chi connectivity index (χ4v) is 2.77. The molecule has 2 aromatic rings. The van der Waals surface area contributed by atoms with Gasteiger partial charge in [-0.15, -0.1) is 0 Å². The van der Waals surface area contributed by atoms with E-state index in [0.717, 1.165) is 5.69 Å². The Hall–Kier alpha value is -3.26. The van der Waals surface area contributed by atoms with Crippen molar-refractivity contribution in [2.45, 2.75) is 20.0 Å². The van der Waals surface area contributed by atoms with Crippen LogP contribution >= 0.6 is 11.6 Å². The lowest BCUT2D eigenvalue weighted by molar-refractivity contribution is -0.384. The predicted molar refractivity (Wildman–Crippen MR) is 117 cm³/mol. The van der Waals surface area contributed by atoms with E-state index in [0.29, 0.717) is 35.2 Å². The number of amides is 1. The highest BCUT2D eigenvalue weighted by Crippen LogP contribution is 2.37. The highest BCUT2D eigenvalue weighted by Gasteiger charge is 2.12. The van der Waals surface area contributed by atoms with Gasteiger partial charge in [0.1, 0.15) is 0 Å². The first-order valence-corrected chi connectivity index (χ1v) is 9.66. The molecule has 0 fully saturated rings. The topological polar surface area (TPSA) is 103 Å². The van der Waals surface area contributed by atoms with Crippen molar-refractivity contribution in [2.75, 3.05) is 25.5 Å². The number of methoxy groups -OCH3 is 1. The highest BCUT2D eigenvalue weighted by molar-refractivity contribution is 6.32. The molecule has 2 aromatic carbocycles. The van der Waals surface area contributed by atoms with Crippen LogP contribution in [0.2, 0.25) is 5.02 Å². The Bertz CT molecular complexity index is 914. The van der Waals surface area contributed by atoms with E-state index in [-0.39, 0.29) is 17.7 Å². The van der Waals surface area contributed by atoms with E-state index in [4.69, 9.17) is 21.1 Å². The van der Waals surface area contributed by atoms with E-state index in [1.54, 1.807) is 30.3 Å². The van der Waals surface area contributed by atoms with Crippen molar-refractivity contribution in [3.05, 3.63) is 63.2 Å². The zero-order valence-electron chi connectivity index (χ0n) is 17.0. The van der Waals surface area contributed by atoms with Crippen LogP contribution in [-0.2, 0) is 4.79 Å². The minimum atomic E-state index is -0.454. The number of non-ortho nitro benzene ring substituents is 1. The van der Waals surface area contributed by atoms with Crippen LogP contribution in [0.15, 0.2) is 42.5 Å². The zero-order valence-corrected chi connectivity index (χ0v) is 17.7. The maximum Gasteiger partial charge on any atom is 0.269 e. The molecular weight excluding hydrogens is 410 g/mol. The van der Waals surface area contributed by atoms with E-state index in [9.17, 15) is 14.9 Å². The molecule has 0 bridgehead atoms. The molecule has 0 aliphatic carbocycles. The van der Waals surface area contributed by atoms with E-state index in [1.165, 1.54) is 25.3 Å². The minimum absolute atomic E-state index is 0.0273. The fraction of sp³-hybridized carbons (Fsp3) is 0.286. The molecule has 2 N–H and O–H groups in total. The van der Waals surface area contributed by atoms with Gasteiger partial charge in [0.2, 0.25) is 5.91 Å². The second-order valence-corrected chi connectivity index (χ2v) is 6.96. The first-order valence-electron chi connectivity index (χ1n) is 9.28. The number of ether oxygens (including phenoxy) is 2. The van der Waals surface area contributed by atoms with E-state index >= 15 is 0 Å². The number of nitro benzene ring substituents is 1. The van der Waals surface area contributed by atoms with Gasteiger partial charge in [0.15, 0.2) is 11.5 Å². The summed E-state index contributed by atoms with van der Waals surface area (Å²) in [7, 11) is 1.52. The number of carbonyl (C=O) groups excluding carboxylic acids is 1. The number of anilines is 1. The Balaban J connectivity index is 1.85. The Morgan fingerprint density at radius 1 is 1.23 bits per heavy atom. The Labute approximate surface area is 180 Å². The molecule has 9 heteroatoms. The van der Waals surface area contributed by atoms with Crippen LogP contribution in [0.4, 0.5) is 11.4 Å². The molecule has 0 radical (unpaired) electrons. The van der Waals surface area contributed by atoms with Crippen molar-refractivity contribution in [1.29, 1.82) is 0 Å². The van der Waals surface area contributed by atoms with Crippen molar-refractivity contribution in [2.24, 2.45) is 0 Å². The third kappa shape index (κ3) is 6.97. The number of carbonyl (C=O) groups is 1. The summed E-state index contributed by atoms with van der Waals surface area (Å²) in [5.41, 5.74) is 1.46. The quantitative estimate of drug-likeness (QED) is 0.251. The summed E-state index contributed by atoms with van der Waals surface area (Å²) >= 11 is 6.28. The molecule has 0 saturated heterocycles. The second kappa shape index (κ2) is 11.1. The summed E-state index contributed by atoms with van der Waals surface area (Å²) < 4.78 is 11.0. The van der Waals surface area contributed by atoms with Crippen LogP contribution in [0.5, 0.6) is 11.5 Å². The molecule has 0 aliphatic rings. The summed E-state index contributed by atoms with van der Waals surface area (Å²) in [5, 5.41) is 16.9. The number of rotatable bonds is 10. The summed E-state index contributed by atoms with van der Waals surface area (Å²) in [6, 6.07) is 9.50. The molecule has 0 atom stereocenters. The molecule has 160 valence electrons. The van der Waals surface area contributed by atoms with Gasteiger partial charge in [-0.3, -0.25) is 14.9 Å². The van der Waals surface area contributed by atoms with Gasteiger partial charge in [-0.1, -0.05) is 11.6 Å². The molecule has 2 rings (SSSR count). The molecule has 8 nitrogen and oxygen atoms in total. The predicted octanol–water partition coefficient (Wildman–Crippen LogP) is 4.29. The Kier molecular flexibility index (Phi) is 8.49. The fourth-order valence-electron chi connectivity index (χ4n) is 2.51. The summed E-state index contributed by atoms with van der Waals surface area (Å²) in [4.78, 5) is 22.2. The van der Waals surface area contributed by atoms with Crippen molar-refractivity contribution >= 4 is 35.0 Å². The lowest BCUT2D eigenvalue weighted by atomic mass is 10.2. The molecule has 0 aliphatic heterocycles. The van der Waals surface area contributed by atoms with Crippen LogP contribution in [0.25, 0.3) is 6.08 Å². The van der Waals surface area contributed by atoms with Gasteiger partial charge in [0, 0.05) is 37.0 Å². The highest BCUT2D eigenvalue weighted by atomic mass is 35.5. The zero-order chi connectivity index (χ0) is 22.1. The average molecular weight is 434 g/mol. The number of nitrogens with one attached hydrogen (secondary N) is 2. The smallest absolute Gasteiger partial charge is 0.269 e. The number of benzene rings is 2. The first-order chi connectivity index (χ1) is 14.3. The number of halogens is 1. The molecule has 0 spiro atoms. The average Bonchev–Trinajstić information content (AvgIpc) is 2.71. The third-order valence-electron chi connectivity index (χ3n) is 3.86. The van der Waals surface area contributed by atoms with E-state index in [1.807, 2.05) is 13.8 Å². The molecule has 0 unspecified atom stereocenters. The molecular formula is C21H24ClN3O5. The minimum Gasteiger partial charge on any atom is -0.493 e. The molecule has 30 heavy (non-hydrogen) atoms. The van der Waals surface area contributed by atoms with Crippen molar-refractivity contribution in [1.82, 2.24) is 5.32 Å². The Morgan fingerprint density at radius 3 is 2.53 bits per heavy atom. The monoisotopic (exact) mass is 433 g/mol. The standard InChI is InChI=1S/C21H24ClN3O5/c1-14(2)30-21-18(22)12-15(13-19(21)29-3)4-9-20(26)24-11-10-23-16-5-7-17(8-6-16)25(27)28/h4-9,12-14,23H,10-11H2,1-3H3,(H,24,26)/b9-4+. The van der Waals surface area contributed by atoms with E-state index in [2.05, 4.69) is 10.6 Å². The number of hydrogen-bond acceptors (Lipinski definition) is 6. The van der Waals surface area contributed by atoms with Gasteiger partial charge in [0.05, 0.1) is 23.2 Å². The summed E-state index contributed by atoms with van der Waals surface area (Å²) in [6.45, 7) is 4.64. The van der Waals surface area contributed by atoms with Crippen LogP contribution in [-0.4, -0.2) is 37.1 Å². The van der Waals surface area contributed by atoms with Gasteiger partial charge in [0.25, 0.3) is 5.69 Å².